The highest BCUT2D eigenvalue weighted by atomic mass is 79.9. The summed E-state index contributed by atoms with van der Waals surface area (Å²) >= 11 is 3.43. The maximum atomic E-state index is 15.0. The number of rotatable bonds is 7. The van der Waals surface area contributed by atoms with Gasteiger partial charge >= 0.3 is 10.2 Å². The molecule has 5 rings (SSSR count). The number of benzene rings is 2. The van der Waals surface area contributed by atoms with Crippen LogP contribution in [0.5, 0.6) is 11.5 Å². The molecule has 40 heavy (non-hydrogen) atoms. The lowest BCUT2D eigenvalue weighted by Gasteiger charge is -2.32. The van der Waals surface area contributed by atoms with Gasteiger partial charge in [-0.25, -0.2) is 9.37 Å². The highest BCUT2D eigenvalue weighted by Crippen LogP contribution is 2.41. The number of fused-ring (bicyclic) bond motifs is 1. The van der Waals surface area contributed by atoms with Crippen LogP contribution in [0.1, 0.15) is 37.8 Å². The lowest BCUT2D eigenvalue weighted by Crippen LogP contribution is -2.41. The Hall–Kier alpha value is -3.09. The van der Waals surface area contributed by atoms with E-state index in [0.29, 0.717) is 18.5 Å². The highest BCUT2D eigenvalue weighted by molar-refractivity contribution is 9.10. The predicted octanol–water partition coefficient (Wildman–Crippen LogP) is 3.65. The van der Waals surface area contributed by atoms with Crippen molar-refractivity contribution in [3.63, 3.8) is 0 Å². The molecule has 3 heterocycles. The largest absolute Gasteiger partial charge is 0.452 e. The van der Waals surface area contributed by atoms with Crippen LogP contribution in [-0.4, -0.2) is 61.2 Å². The Labute approximate surface area is 239 Å². The van der Waals surface area contributed by atoms with Gasteiger partial charge in [-0.05, 0) is 72.5 Å². The van der Waals surface area contributed by atoms with Gasteiger partial charge < -0.3 is 14.8 Å². The van der Waals surface area contributed by atoms with Crippen LogP contribution in [0, 0.1) is 17.1 Å². The molecule has 14 heteroatoms. The average Bonchev–Trinajstić information content (AvgIpc) is 3.34. The molecule has 2 aromatic carbocycles. The maximum Gasteiger partial charge on any atom is 0.301 e. The minimum atomic E-state index is -3.99. The Morgan fingerprint density at radius 2 is 2.10 bits per heavy atom. The molecule has 2 aliphatic heterocycles. The van der Waals surface area contributed by atoms with E-state index in [2.05, 4.69) is 31.0 Å². The summed E-state index contributed by atoms with van der Waals surface area (Å²) < 4.78 is 57.1. The van der Waals surface area contributed by atoms with Crippen LogP contribution in [0.3, 0.4) is 0 Å². The normalized spacial score (nSPS) is 18.8. The van der Waals surface area contributed by atoms with Gasteiger partial charge in [-0.1, -0.05) is 6.92 Å². The first kappa shape index (κ1) is 28.4. The summed E-state index contributed by atoms with van der Waals surface area (Å²) in [6.45, 7) is 3.96. The number of nitrogens with zero attached hydrogens (tertiary/aromatic N) is 4. The number of nitriles is 1. The van der Waals surface area contributed by atoms with E-state index in [1.165, 1.54) is 19.4 Å². The maximum absolute atomic E-state index is 15.0. The Balaban J connectivity index is 1.51. The Morgan fingerprint density at radius 3 is 2.80 bits per heavy atom. The minimum absolute atomic E-state index is 0.0581. The van der Waals surface area contributed by atoms with Gasteiger partial charge in [0.05, 0.1) is 45.6 Å². The lowest BCUT2D eigenvalue weighted by atomic mass is 9.88. The Bertz CT molecular complexity index is 1670. The molecule has 2 aliphatic rings. The van der Waals surface area contributed by atoms with E-state index >= 15 is 0 Å². The summed E-state index contributed by atoms with van der Waals surface area (Å²) in [6.07, 6.45) is 3.96. The number of hydrogen-bond donors (Lipinski definition) is 2. The van der Waals surface area contributed by atoms with E-state index in [-0.39, 0.29) is 50.6 Å². The number of aromatic nitrogens is 2. The summed E-state index contributed by atoms with van der Waals surface area (Å²) in [5, 5.41) is 13.4. The lowest BCUT2D eigenvalue weighted by molar-refractivity contribution is -0.0196. The second-order valence-corrected chi connectivity index (χ2v) is 12.4. The molecule has 3 aromatic rings. The SMILES string of the molecule is CCN(C)S(=O)(=O)Nc1ccc(F)c(Oc2ccc3ncn(C4COC5(CCNCC5)C4)c(=O)c3c2Br)c1C#N. The first-order valence-corrected chi connectivity index (χ1v) is 15.0. The van der Waals surface area contributed by atoms with Gasteiger partial charge in [0.2, 0.25) is 0 Å². The van der Waals surface area contributed by atoms with E-state index in [1.54, 1.807) is 17.6 Å². The van der Waals surface area contributed by atoms with Gasteiger partial charge in [-0.15, -0.1) is 0 Å². The van der Waals surface area contributed by atoms with Crippen molar-refractivity contribution < 1.29 is 22.3 Å². The van der Waals surface area contributed by atoms with E-state index in [9.17, 15) is 22.9 Å². The zero-order chi connectivity index (χ0) is 28.7. The van der Waals surface area contributed by atoms with Crippen LogP contribution in [0.4, 0.5) is 10.1 Å². The van der Waals surface area contributed by atoms with Crippen LogP contribution < -0.4 is 20.3 Å². The smallest absolute Gasteiger partial charge is 0.301 e. The molecule has 11 nitrogen and oxygen atoms in total. The van der Waals surface area contributed by atoms with Crippen molar-refractivity contribution in [2.75, 3.05) is 38.0 Å². The Kier molecular flexibility index (Phi) is 7.86. The third-order valence-corrected chi connectivity index (χ3v) is 9.82. The van der Waals surface area contributed by atoms with Gasteiger partial charge in [0.25, 0.3) is 5.56 Å². The van der Waals surface area contributed by atoms with Crippen molar-refractivity contribution in [3.8, 4) is 17.6 Å². The zero-order valence-electron chi connectivity index (χ0n) is 21.9. The fraction of sp³-hybridized carbons (Fsp3) is 0.423. The summed E-state index contributed by atoms with van der Waals surface area (Å²) in [5.41, 5.74) is -0.656. The van der Waals surface area contributed by atoms with E-state index in [1.807, 2.05) is 6.07 Å². The van der Waals surface area contributed by atoms with Crippen molar-refractivity contribution >= 4 is 42.7 Å². The molecule has 2 fully saturated rings. The second-order valence-electron chi connectivity index (χ2n) is 9.86. The molecule has 0 aliphatic carbocycles. The molecule has 2 N–H and O–H groups in total. The molecule has 2 saturated heterocycles. The van der Waals surface area contributed by atoms with Crippen molar-refractivity contribution in [2.24, 2.45) is 0 Å². The molecule has 1 aromatic heterocycles. The second kappa shape index (κ2) is 11.1. The van der Waals surface area contributed by atoms with Crippen LogP contribution in [-0.2, 0) is 14.9 Å². The van der Waals surface area contributed by atoms with Crippen molar-refractivity contribution in [1.82, 2.24) is 19.2 Å². The third kappa shape index (κ3) is 5.19. The molecule has 0 amide bonds. The van der Waals surface area contributed by atoms with Crippen LogP contribution >= 0.6 is 15.9 Å². The first-order chi connectivity index (χ1) is 19.1. The number of hydrogen-bond acceptors (Lipinski definition) is 8. The molecule has 212 valence electrons. The fourth-order valence-corrected chi connectivity index (χ4v) is 6.61. The molecule has 1 atom stereocenters. The average molecular weight is 636 g/mol. The molecule has 1 unspecified atom stereocenters. The molecular formula is C26H28BrFN6O5S. The van der Waals surface area contributed by atoms with Gasteiger partial charge in [0, 0.05) is 13.6 Å². The van der Waals surface area contributed by atoms with Crippen molar-refractivity contribution in [3.05, 3.63) is 56.8 Å². The van der Waals surface area contributed by atoms with Crippen LogP contribution in [0.25, 0.3) is 10.9 Å². The number of piperidine rings is 1. The van der Waals surface area contributed by atoms with Crippen molar-refractivity contribution in [1.29, 1.82) is 5.26 Å². The number of anilines is 1. The monoisotopic (exact) mass is 634 g/mol. The number of nitrogens with one attached hydrogen (secondary N) is 2. The van der Waals surface area contributed by atoms with E-state index in [4.69, 9.17) is 9.47 Å². The number of halogens is 2. The first-order valence-electron chi connectivity index (χ1n) is 12.8. The molecule has 1 spiro atoms. The van der Waals surface area contributed by atoms with Gasteiger partial charge in [0.1, 0.15) is 17.4 Å². The predicted molar refractivity (Wildman–Crippen MR) is 150 cm³/mol. The van der Waals surface area contributed by atoms with Crippen LogP contribution in [0.15, 0.2) is 39.9 Å². The standard InChI is InChI=1S/C26H28BrFN6O5S/c1-3-33(2)40(36,37)32-19-5-4-18(28)24(17(19)13-29)39-21-7-6-20-22(23(21)27)25(35)34(15-31-20)16-12-26(38-14-16)8-10-30-11-9-26/h4-7,15-16,30,32H,3,8-12,14H2,1-2H3. The quantitative estimate of drug-likeness (QED) is 0.402. The van der Waals surface area contributed by atoms with Crippen LogP contribution in [0.2, 0.25) is 0 Å². The Morgan fingerprint density at radius 1 is 1.35 bits per heavy atom. The topological polar surface area (TPSA) is 139 Å². The summed E-state index contributed by atoms with van der Waals surface area (Å²) in [7, 11) is -2.62. The molecule has 0 saturated carbocycles. The minimum Gasteiger partial charge on any atom is -0.452 e. The third-order valence-electron chi connectivity index (χ3n) is 7.48. The zero-order valence-corrected chi connectivity index (χ0v) is 24.3. The van der Waals surface area contributed by atoms with Gasteiger partial charge in [0.15, 0.2) is 11.6 Å². The molecule has 0 radical (unpaired) electrons. The van der Waals surface area contributed by atoms with E-state index in [0.717, 1.165) is 42.4 Å². The van der Waals surface area contributed by atoms with Crippen molar-refractivity contribution in [2.45, 2.75) is 37.8 Å². The fourth-order valence-electron chi connectivity index (χ4n) is 5.08. The summed E-state index contributed by atoms with van der Waals surface area (Å²) in [5.74, 6) is -1.31. The molecule has 0 bridgehead atoms. The summed E-state index contributed by atoms with van der Waals surface area (Å²) in [4.78, 5) is 18.1. The number of ether oxygens (including phenoxy) is 2. The van der Waals surface area contributed by atoms with E-state index < -0.39 is 21.8 Å². The molecular weight excluding hydrogens is 607 g/mol. The highest BCUT2D eigenvalue weighted by Gasteiger charge is 2.42. The summed E-state index contributed by atoms with van der Waals surface area (Å²) in [6, 6.07) is 6.85. The van der Waals surface area contributed by atoms with Gasteiger partial charge in [-0.2, -0.15) is 18.0 Å². The van der Waals surface area contributed by atoms with Gasteiger partial charge in [-0.3, -0.25) is 14.1 Å².